The number of pyridine rings is 1. The topological polar surface area (TPSA) is 122 Å². The summed E-state index contributed by atoms with van der Waals surface area (Å²) in [5.41, 5.74) is 4.72. The van der Waals surface area contributed by atoms with Gasteiger partial charge in [-0.1, -0.05) is 43.3 Å². The lowest BCUT2D eigenvalue weighted by Crippen LogP contribution is -2.00. The molecule has 0 aliphatic rings. The van der Waals surface area contributed by atoms with Crippen LogP contribution in [0, 0.1) is 5.82 Å². The van der Waals surface area contributed by atoms with Gasteiger partial charge in [0.1, 0.15) is 17.3 Å². The molecule has 0 spiro atoms. The van der Waals surface area contributed by atoms with E-state index in [0.717, 1.165) is 29.0 Å². The molecule has 212 valence electrons. The van der Waals surface area contributed by atoms with E-state index < -0.39 is 21.6 Å². The number of ether oxygens (including phenoxy) is 1. The van der Waals surface area contributed by atoms with Gasteiger partial charge in [-0.05, 0) is 76.7 Å². The molecule has 0 fully saturated rings. The highest BCUT2D eigenvalue weighted by molar-refractivity contribution is 7.90. The highest BCUT2D eigenvalue weighted by Gasteiger charge is 2.19. The maximum absolute atomic E-state index is 16.0. The Hall–Kier alpha value is -5.09. The molecule has 0 saturated carbocycles. The van der Waals surface area contributed by atoms with E-state index in [1.807, 2.05) is 37.3 Å². The SMILES string of the molecule is CC/C(=C(/c1ccc(/C=C/C(=O)O)cc1)c1ccc2[nH]ncc2c1F)c1cccc(Oc2ccc(S(C)(=O)=O)nc2)c1. The number of allylic oxidation sites excluding steroid dienone is 1. The molecule has 0 aliphatic heterocycles. The van der Waals surface area contributed by atoms with Crippen LogP contribution in [0.2, 0.25) is 0 Å². The Morgan fingerprint density at radius 2 is 1.79 bits per heavy atom. The van der Waals surface area contributed by atoms with Gasteiger partial charge in [-0.15, -0.1) is 0 Å². The molecule has 2 heterocycles. The third-order valence-electron chi connectivity index (χ3n) is 6.61. The molecule has 0 atom stereocenters. The van der Waals surface area contributed by atoms with Gasteiger partial charge in [0.25, 0.3) is 0 Å². The van der Waals surface area contributed by atoms with Crippen molar-refractivity contribution in [3.8, 4) is 11.5 Å². The minimum Gasteiger partial charge on any atom is -0.478 e. The average Bonchev–Trinajstić information content (AvgIpc) is 3.46. The van der Waals surface area contributed by atoms with E-state index in [1.165, 1.54) is 30.6 Å². The first kappa shape index (κ1) is 28.4. The standard InChI is InChI=1S/C32H26FN3O5S/c1-3-25(22-5-4-6-23(17-22)41-24-12-15-29(34-18-24)42(2,39)40)31(21-10-7-20(8-11-21)9-16-30(37)38)26-13-14-28-27(32(26)33)19-35-36-28/h4-19H,3H2,1-2H3,(H,35,36)(H,37,38)/b16-9+,31-25+. The Bertz CT molecular complexity index is 1940. The molecular weight excluding hydrogens is 557 g/mol. The van der Waals surface area contributed by atoms with Crippen LogP contribution in [0.3, 0.4) is 0 Å². The molecule has 0 radical (unpaired) electrons. The molecule has 0 saturated heterocycles. The van der Waals surface area contributed by atoms with Crippen molar-refractivity contribution in [1.29, 1.82) is 0 Å². The fourth-order valence-electron chi connectivity index (χ4n) is 4.65. The summed E-state index contributed by atoms with van der Waals surface area (Å²) in [6.07, 6.45) is 6.99. The van der Waals surface area contributed by atoms with E-state index in [0.29, 0.717) is 45.5 Å². The van der Waals surface area contributed by atoms with Gasteiger partial charge in [0.15, 0.2) is 14.9 Å². The van der Waals surface area contributed by atoms with Crippen molar-refractivity contribution < 1.29 is 27.4 Å². The molecule has 5 aromatic rings. The summed E-state index contributed by atoms with van der Waals surface area (Å²) in [4.78, 5) is 14.9. The highest BCUT2D eigenvalue weighted by Crippen LogP contribution is 2.38. The second-order valence-electron chi connectivity index (χ2n) is 9.49. The van der Waals surface area contributed by atoms with Crippen LogP contribution < -0.4 is 4.74 Å². The zero-order valence-corrected chi connectivity index (χ0v) is 23.5. The van der Waals surface area contributed by atoms with Crippen LogP contribution in [0.4, 0.5) is 4.39 Å². The lowest BCUT2D eigenvalue weighted by Gasteiger charge is -2.18. The monoisotopic (exact) mass is 583 g/mol. The predicted molar refractivity (Wildman–Crippen MR) is 159 cm³/mol. The summed E-state index contributed by atoms with van der Waals surface area (Å²) in [6.45, 7) is 1.98. The number of aromatic nitrogens is 3. The summed E-state index contributed by atoms with van der Waals surface area (Å²) in [5, 5.41) is 16.1. The summed E-state index contributed by atoms with van der Waals surface area (Å²) in [7, 11) is -3.44. The Kier molecular flexibility index (Phi) is 7.99. The smallest absolute Gasteiger partial charge is 0.328 e. The van der Waals surface area contributed by atoms with Crippen molar-refractivity contribution in [3.63, 3.8) is 0 Å². The van der Waals surface area contributed by atoms with E-state index in [9.17, 15) is 13.2 Å². The van der Waals surface area contributed by atoms with Crippen molar-refractivity contribution in [2.75, 3.05) is 6.26 Å². The first-order valence-electron chi connectivity index (χ1n) is 12.9. The number of hydrogen-bond donors (Lipinski definition) is 2. The van der Waals surface area contributed by atoms with E-state index in [2.05, 4.69) is 15.2 Å². The Balaban J connectivity index is 1.62. The normalized spacial score (nSPS) is 12.5. The van der Waals surface area contributed by atoms with Gasteiger partial charge in [0, 0.05) is 17.9 Å². The van der Waals surface area contributed by atoms with Gasteiger partial charge in [-0.25, -0.2) is 22.6 Å². The number of hydrogen-bond acceptors (Lipinski definition) is 6. The van der Waals surface area contributed by atoms with Gasteiger partial charge < -0.3 is 9.84 Å². The maximum Gasteiger partial charge on any atom is 0.328 e. The Morgan fingerprint density at radius 3 is 2.45 bits per heavy atom. The summed E-state index contributed by atoms with van der Waals surface area (Å²) >= 11 is 0. The number of H-pyrrole nitrogens is 1. The molecule has 3 aromatic carbocycles. The molecule has 8 nitrogen and oxygen atoms in total. The van der Waals surface area contributed by atoms with Crippen LogP contribution in [0.15, 0.2) is 96.3 Å². The Labute approximate surface area is 241 Å². The molecule has 0 aliphatic carbocycles. The minimum atomic E-state index is -3.44. The van der Waals surface area contributed by atoms with Crippen molar-refractivity contribution in [3.05, 3.63) is 119 Å². The number of aromatic amines is 1. The lowest BCUT2D eigenvalue weighted by atomic mass is 9.87. The zero-order valence-electron chi connectivity index (χ0n) is 22.7. The number of carboxylic acid groups (broad SMARTS) is 1. The molecule has 0 unspecified atom stereocenters. The number of nitrogens with one attached hydrogen (secondary N) is 1. The number of benzene rings is 3. The number of sulfone groups is 1. The molecule has 0 amide bonds. The molecule has 5 rings (SSSR count). The van der Waals surface area contributed by atoms with Gasteiger partial charge in [0.05, 0.1) is 23.3 Å². The summed E-state index contributed by atoms with van der Waals surface area (Å²) in [6, 6.07) is 21.0. The van der Waals surface area contributed by atoms with Crippen LogP contribution in [0.5, 0.6) is 11.5 Å². The minimum absolute atomic E-state index is 0.0504. The molecular formula is C32H26FN3O5S. The molecule has 42 heavy (non-hydrogen) atoms. The fourth-order valence-corrected chi connectivity index (χ4v) is 5.21. The second kappa shape index (κ2) is 11.8. The molecule has 2 aromatic heterocycles. The number of carboxylic acids is 1. The molecule has 2 N–H and O–H groups in total. The quantitative estimate of drug-likeness (QED) is 0.145. The van der Waals surface area contributed by atoms with Crippen LogP contribution in [0.25, 0.3) is 28.1 Å². The number of carbonyl (C=O) groups is 1. The molecule has 0 bridgehead atoms. The third kappa shape index (κ3) is 6.13. The number of fused-ring (bicyclic) bond motifs is 1. The first-order valence-corrected chi connectivity index (χ1v) is 14.8. The number of aliphatic carboxylic acids is 1. The van der Waals surface area contributed by atoms with E-state index in [4.69, 9.17) is 9.84 Å². The van der Waals surface area contributed by atoms with Gasteiger partial charge >= 0.3 is 5.97 Å². The molecule has 10 heteroatoms. The van der Waals surface area contributed by atoms with Crippen molar-refractivity contribution >= 4 is 43.9 Å². The van der Waals surface area contributed by atoms with Crippen LogP contribution in [0.1, 0.15) is 35.6 Å². The van der Waals surface area contributed by atoms with Crippen LogP contribution >= 0.6 is 0 Å². The number of nitrogens with zero attached hydrogens (tertiary/aromatic N) is 2. The van der Waals surface area contributed by atoms with Gasteiger partial charge in [0.2, 0.25) is 0 Å². The fraction of sp³-hybridized carbons (Fsp3) is 0.0938. The summed E-state index contributed by atoms with van der Waals surface area (Å²) < 4.78 is 45.5. The van der Waals surface area contributed by atoms with Gasteiger partial charge in [-0.2, -0.15) is 5.10 Å². The Morgan fingerprint density at radius 1 is 1.00 bits per heavy atom. The van der Waals surface area contributed by atoms with Crippen molar-refractivity contribution in [2.24, 2.45) is 0 Å². The lowest BCUT2D eigenvalue weighted by molar-refractivity contribution is -0.131. The van der Waals surface area contributed by atoms with Gasteiger partial charge in [-0.3, -0.25) is 5.10 Å². The van der Waals surface area contributed by atoms with Crippen LogP contribution in [-0.4, -0.2) is 40.9 Å². The van der Waals surface area contributed by atoms with E-state index >= 15 is 4.39 Å². The summed E-state index contributed by atoms with van der Waals surface area (Å²) in [5.74, 6) is -0.607. The van der Waals surface area contributed by atoms with E-state index in [-0.39, 0.29) is 5.03 Å². The predicted octanol–water partition coefficient (Wildman–Crippen LogP) is 6.76. The van der Waals surface area contributed by atoms with Crippen LogP contribution in [-0.2, 0) is 14.6 Å². The maximum atomic E-state index is 16.0. The number of rotatable bonds is 9. The zero-order chi connectivity index (χ0) is 29.9. The number of halogens is 1. The average molecular weight is 584 g/mol. The first-order chi connectivity index (χ1) is 20.1. The van der Waals surface area contributed by atoms with Crippen molar-refractivity contribution in [1.82, 2.24) is 15.2 Å². The highest BCUT2D eigenvalue weighted by atomic mass is 32.2. The largest absolute Gasteiger partial charge is 0.478 e. The third-order valence-corrected chi connectivity index (χ3v) is 7.61. The second-order valence-corrected chi connectivity index (χ2v) is 11.5. The van der Waals surface area contributed by atoms with E-state index in [1.54, 1.807) is 30.3 Å². The van der Waals surface area contributed by atoms with Crippen molar-refractivity contribution in [2.45, 2.75) is 18.4 Å².